The zero-order chi connectivity index (χ0) is 10.7. The summed E-state index contributed by atoms with van der Waals surface area (Å²) in [5.41, 5.74) is 7.52. The van der Waals surface area contributed by atoms with Gasteiger partial charge in [-0.25, -0.2) is 0 Å². The number of benzene rings is 1. The number of hydrogen-bond donors (Lipinski definition) is 1. The third-order valence-corrected chi connectivity index (χ3v) is 3.32. The third-order valence-electron chi connectivity index (χ3n) is 3.32. The van der Waals surface area contributed by atoms with E-state index in [1.807, 2.05) is 0 Å². The van der Waals surface area contributed by atoms with Crippen LogP contribution in [0, 0.1) is 5.92 Å². The van der Waals surface area contributed by atoms with Crippen LogP contribution in [-0.4, -0.2) is 31.1 Å². The molecule has 0 spiro atoms. The third kappa shape index (κ3) is 2.80. The molecule has 2 N–H and O–H groups in total. The van der Waals surface area contributed by atoms with Crippen LogP contribution in [0.2, 0.25) is 0 Å². The molecule has 82 valence electrons. The van der Waals surface area contributed by atoms with Gasteiger partial charge in [-0.3, -0.25) is 0 Å². The molecule has 2 nitrogen and oxygen atoms in total. The number of hydrogen-bond acceptors (Lipinski definition) is 2. The second-order valence-corrected chi connectivity index (χ2v) is 4.67. The van der Waals surface area contributed by atoms with Gasteiger partial charge < -0.3 is 10.6 Å². The quantitative estimate of drug-likeness (QED) is 0.808. The Labute approximate surface area is 92.1 Å². The lowest BCUT2D eigenvalue weighted by Gasteiger charge is -2.13. The van der Waals surface area contributed by atoms with E-state index in [1.165, 1.54) is 12.0 Å². The van der Waals surface area contributed by atoms with Crippen LogP contribution in [-0.2, 0) is 6.42 Å². The van der Waals surface area contributed by atoms with Gasteiger partial charge in [-0.2, -0.15) is 0 Å². The zero-order valence-corrected chi connectivity index (χ0v) is 9.39. The molecule has 1 heterocycles. The maximum absolute atomic E-state index is 6.09. The molecule has 0 amide bonds. The molecule has 2 atom stereocenters. The average molecular weight is 204 g/mol. The van der Waals surface area contributed by atoms with E-state index in [4.69, 9.17) is 5.73 Å². The number of aryl methyl sites for hydroxylation is 1. The molecule has 1 aromatic carbocycles. The molecule has 1 saturated heterocycles. The summed E-state index contributed by atoms with van der Waals surface area (Å²) in [5, 5.41) is 0. The number of rotatable bonds is 3. The Bertz CT molecular complexity index is 297. The standard InChI is InChI=1S/C13H20N2/c1-15-9-12(13(14)10-15)8-7-11-5-3-2-4-6-11/h2-6,12-13H,7-10,14H2,1H3/t12-,13-/m0/s1. The first-order chi connectivity index (χ1) is 7.25. The molecule has 0 radical (unpaired) electrons. The highest BCUT2D eigenvalue weighted by Crippen LogP contribution is 2.19. The summed E-state index contributed by atoms with van der Waals surface area (Å²) in [7, 11) is 2.16. The molecule has 0 saturated carbocycles. The van der Waals surface area contributed by atoms with Crippen molar-refractivity contribution in [2.45, 2.75) is 18.9 Å². The first-order valence-electron chi connectivity index (χ1n) is 5.74. The van der Waals surface area contributed by atoms with E-state index < -0.39 is 0 Å². The molecule has 1 fully saturated rings. The van der Waals surface area contributed by atoms with E-state index in [9.17, 15) is 0 Å². The van der Waals surface area contributed by atoms with Crippen molar-refractivity contribution in [1.29, 1.82) is 0 Å². The van der Waals surface area contributed by atoms with Crippen molar-refractivity contribution in [1.82, 2.24) is 4.90 Å². The van der Waals surface area contributed by atoms with E-state index in [0.29, 0.717) is 12.0 Å². The van der Waals surface area contributed by atoms with Crippen molar-refractivity contribution < 1.29 is 0 Å². The van der Waals surface area contributed by atoms with Gasteiger partial charge >= 0.3 is 0 Å². The lowest BCUT2D eigenvalue weighted by Crippen LogP contribution is -2.29. The highest BCUT2D eigenvalue weighted by Gasteiger charge is 2.26. The van der Waals surface area contributed by atoms with Gasteiger partial charge in [-0.1, -0.05) is 30.3 Å². The lowest BCUT2D eigenvalue weighted by molar-refractivity contribution is 0.388. The zero-order valence-electron chi connectivity index (χ0n) is 9.39. The maximum atomic E-state index is 6.09. The van der Waals surface area contributed by atoms with Gasteiger partial charge in [-0.15, -0.1) is 0 Å². The second kappa shape index (κ2) is 4.77. The first-order valence-corrected chi connectivity index (χ1v) is 5.74. The molecule has 1 aliphatic rings. The number of nitrogens with zero attached hydrogens (tertiary/aromatic N) is 1. The SMILES string of the molecule is CN1C[C@H](CCc2ccccc2)[C@@H](N)C1. The predicted molar refractivity (Wildman–Crippen MR) is 63.7 cm³/mol. The Morgan fingerprint density at radius 1 is 1.27 bits per heavy atom. The van der Waals surface area contributed by atoms with Crippen molar-refractivity contribution in [3.05, 3.63) is 35.9 Å². The maximum Gasteiger partial charge on any atom is 0.0208 e. The molecule has 0 unspecified atom stereocenters. The Kier molecular flexibility index (Phi) is 3.39. The smallest absolute Gasteiger partial charge is 0.0208 e. The van der Waals surface area contributed by atoms with Crippen LogP contribution in [0.25, 0.3) is 0 Å². The second-order valence-electron chi connectivity index (χ2n) is 4.67. The molecule has 15 heavy (non-hydrogen) atoms. The topological polar surface area (TPSA) is 29.3 Å². The van der Waals surface area contributed by atoms with Crippen LogP contribution >= 0.6 is 0 Å². The van der Waals surface area contributed by atoms with Crippen molar-refractivity contribution >= 4 is 0 Å². The van der Waals surface area contributed by atoms with E-state index in [0.717, 1.165) is 19.5 Å². The van der Waals surface area contributed by atoms with Crippen LogP contribution in [0.15, 0.2) is 30.3 Å². The molecule has 0 aromatic heterocycles. The predicted octanol–water partition coefficient (Wildman–Crippen LogP) is 1.51. The van der Waals surface area contributed by atoms with Crippen LogP contribution in [0.3, 0.4) is 0 Å². The van der Waals surface area contributed by atoms with Crippen LogP contribution in [0.5, 0.6) is 0 Å². The van der Waals surface area contributed by atoms with Gasteiger partial charge in [0.05, 0.1) is 0 Å². The summed E-state index contributed by atoms with van der Waals surface area (Å²) in [4.78, 5) is 2.33. The van der Waals surface area contributed by atoms with E-state index in [-0.39, 0.29) is 0 Å². The first kappa shape index (κ1) is 10.7. The highest BCUT2D eigenvalue weighted by atomic mass is 15.1. The van der Waals surface area contributed by atoms with E-state index in [1.54, 1.807) is 0 Å². The number of likely N-dealkylation sites (N-methyl/N-ethyl adjacent to an activating group) is 1. The summed E-state index contributed by atoms with van der Waals surface area (Å²) >= 11 is 0. The van der Waals surface area contributed by atoms with E-state index in [2.05, 4.69) is 42.3 Å². The fourth-order valence-corrected chi connectivity index (χ4v) is 2.42. The molecule has 0 bridgehead atoms. The summed E-state index contributed by atoms with van der Waals surface area (Å²) in [5.74, 6) is 0.676. The fourth-order valence-electron chi connectivity index (χ4n) is 2.42. The monoisotopic (exact) mass is 204 g/mol. The molecule has 2 heteroatoms. The number of likely N-dealkylation sites (tertiary alicyclic amines) is 1. The Morgan fingerprint density at radius 3 is 2.60 bits per heavy atom. The van der Waals surface area contributed by atoms with Crippen molar-refractivity contribution in [3.63, 3.8) is 0 Å². The van der Waals surface area contributed by atoms with Gasteiger partial charge in [0.2, 0.25) is 0 Å². The van der Waals surface area contributed by atoms with Crippen molar-refractivity contribution in [3.8, 4) is 0 Å². The van der Waals surface area contributed by atoms with Gasteiger partial charge in [0.25, 0.3) is 0 Å². The Morgan fingerprint density at radius 2 is 2.00 bits per heavy atom. The highest BCUT2D eigenvalue weighted by molar-refractivity contribution is 5.14. The van der Waals surface area contributed by atoms with Crippen molar-refractivity contribution in [2.24, 2.45) is 11.7 Å². The summed E-state index contributed by atoms with van der Waals surface area (Å²) in [6.45, 7) is 2.22. The van der Waals surface area contributed by atoms with Crippen LogP contribution in [0.1, 0.15) is 12.0 Å². The normalized spacial score (nSPS) is 27.1. The molecule has 1 aromatic rings. The Hall–Kier alpha value is -0.860. The molecule has 1 aliphatic heterocycles. The molecular formula is C13H20N2. The lowest BCUT2D eigenvalue weighted by atomic mass is 9.96. The molecular weight excluding hydrogens is 184 g/mol. The number of nitrogens with two attached hydrogens (primary N) is 1. The minimum atomic E-state index is 0.374. The molecule has 2 rings (SSSR count). The summed E-state index contributed by atoms with van der Waals surface area (Å²) in [6.07, 6.45) is 2.38. The van der Waals surface area contributed by atoms with Crippen LogP contribution in [0.4, 0.5) is 0 Å². The van der Waals surface area contributed by atoms with Gasteiger partial charge in [0, 0.05) is 19.1 Å². The van der Waals surface area contributed by atoms with E-state index >= 15 is 0 Å². The fraction of sp³-hybridized carbons (Fsp3) is 0.538. The van der Waals surface area contributed by atoms with Crippen molar-refractivity contribution in [2.75, 3.05) is 20.1 Å². The summed E-state index contributed by atoms with van der Waals surface area (Å²) < 4.78 is 0. The molecule has 0 aliphatic carbocycles. The largest absolute Gasteiger partial charge is 0.326 e. The van der Waals surface area contributed by atoms with Gasteiger partial charge in [0.15, 0.2) is 0 Å². The van der Waals surface area contributed by atoms with Gasteiger partial charge in [-0.05, 0) is 31.4 Å². The Balaban J connectivity index is 1.84. The minimum absolute atomic E-state index is 0.374. The van der Waals surface area contributed by atoms with Gasteiger partial charge in [0.1, 0.15) is 0 Å². The van der Waals surface area contributed by atoms with Crippen LogP contribution < -0.4 is 5.73 Å². The minimum Gasteiger partial charge on any atom is -0.326 e. The summed E-state index contributed by atoms with van der Waals surface area (Å²) in [6, 6.07) is 11.1. The average Bonchev–Trinajstić information content (AvgIpc) is 2.56.